The lowest BCUT2D eigenvalue weighted by Gasteiger charge is -2.19. The van der Waals surface area contributed by atoms with E-state index in [2.05, 4.69) is 24.6 Å². The van der Waals surface area contributed by atoms with Crippen LogP contribution < -0.4 is 0 Å². The van der Waals surface area contributed by atoms with Crippen LogP contribution >= 0.6 is 0 Å². The van der Waals surface area contributed by atoms with Crippen molar-refractivity contribution in [2.45, 2.75) is 51.9 Å². The van der Waals surface area contributed by atoms with E-state index in [1.165, 1.54) is 24.0 Å². The first-order valence-corrected chi connectivity index (χ1v) is 10.5. The van der Waals surface area contributed by atoms with E-state index in [4.69, 9.17) is 0 Å². The van der Waals surface area contributed by atoms with Gasteiger partial charge in [-0.3, -0.25) is 14.6 Å². The highest BCUT2D eigenvalue weighted by Crippen LogP contribution is 2.52. The van der Waals surface area contributed by atoms with Gasteiger partial charge < -0.3 is 0 Å². The Hall–Kier alpha value is -3.07. The first kappa shape index (κ1) is 21.6. The van der Waals surface area contributed by atoms with Gasteiger partial charge in [-0.2, -0.15) is 0 Å². The van der Waals surface area contributed by atoms with Crippen molar-refractivity contribution in [3.05, 3.63) is 89.1 Å². The summed E-state index contributed by atoms with van der Waals surface area (Å²) in [4.78, 5) is 27.7. The Morgan fingerprint density at radius 1 is 1.13 bits per heavy atom. The molecule has 30 heavy (non-hydrogen) atoms. The van der Waals surface area contributed by atoms with Crippen molar-refractivity contribution in [2.24, 2.45) is 4.99 Å². The molecule has 0 aromatic heterocycles. The summed E-state index contributed by atoms with van der Waals surface area (Å²) in [5.41, 5.74) is 6.94. The van der Waals surface area contributed by atoms with Gasteiger partial charge in [0.05, 0.1) is 0 Å². The molecule has 1 fully saturated rings. The Labute approximate surface area is 179 Å². The highest BCUT2D eigenvalue weighted by molar-refractivity contribution is 5.95. The molecule has 0 radical (unpaired) electrons. The van der Waals surface area contributed by atoms with Gasteiger partial charge in [0.1, 0.15) is 6.29 Å². The Kier molecular flexibility index (Phi) is 6.61. The Bertz CT molecular complexity index is 1040. The number of hydrogen-bond donors (Lipinski definition) is 0. The van der Waals surface area contributed by atoms with Crippen LogP contribution in [0.3, 0.4) is 0 Å². The molecule has 0 spiro atoms. The maximum absolute atomic E-state index is 11.9. The van der Waals surface area contributed by atoms with Crippen molar-refractivity contribution in [2.75, 3.05) is 0 Å². The SMILES string of the molecule is C=C/C(=C\N=C(C)Cc1cc(C(C)=O)ccc1C1(CC)CC1)c1cccc(C=O)c1. The number of aliphatic imine (C=N–C) groups is 1. The number of ketones is 1. The summed E-state index contributed by atoms with van der Waals surface area (Å²) in [5.74, 6) is 0.0858. The zero-order valence-electron chi connectivity index (χ0n) is 18.1. The summed E-state index contributed by atoms with van der Waals surface area (Å²) in [7, 11) is 0. The topological polar surface area (TPSA) is 46.5 Å². The van der Waals surface area contributed by atoms with Crippen LogP contribution in [-0.4, -0.2) is 17.8 Å². The first-order valence-electron chi connectivity index (χ1n) is 10.5. The van der Waals surface area contributed by atoms with Crippen LogP contribution in [0.2, 0.25) is 0 Å². The van der Waals surface area contributed by atoms with E-state index in [1.54, 1.807) is 25.3 Å². The van der Waals surface area contributed by atoms with Gasteiger partial charge in [0.2, 0.25) is 0 Å². The van der Waals surface area contributed by atoms with Crippen LogP contribution in [0.5, 0.6) is 0 Å². The standard InChI is InChI=1S/C27H29NO2/c1-5-22(24-9-7-8-21(15-24)18-29)17-28-19(3)14-25-16-23(20(4)30)10-11-26(25)27(6-2)12-13-27/h5,7-11,15-18H,1,6,12-14H2,2-4H3/b22-17+,28-19?. The summed E-state index contributed by atoms with van der Waals surface area (Å²) in [6.07, 6.45) is 8.62. The van der Waals surface area contributed by atoms with Gasteiger partial charge in [-0.05, 0) is 72.9 Å². The number of Topliss-reactive ketones (excluding diaryl/α,β-unsaturated/α-hetero) is 1. The lowest BCUT2D eigenvalue weighted by molar-refractivity contribution is 0.101. The second kappa shape index (κ2) is 9.17. The number of allylic oxidation sites excluding steroid dienone is 2. The fourth-order valence-corrected chi connectivity index (χ4v) is 3.98. The van der Waals surface area contributed by atoms with Crippen molar-refractivity contribution in [3.8, 4) is 0 Å². The van der Waals surface area contributed by atoms with E-state index in [0.29, 0.717) is 12.0 Å². The average molecular weight is 400 g/mol. The maximum atomic E-state index is 11.9. The van der Waals surface area contributed by atoms with Crippen LogP contribution in [-0.2, 0) is 11.8 Å². The Morgan fingerprint density at radius 2 is 1.90 bits per heavy atom. The molecule has 1 aliphatic carbocycles. The third kappa shape index (κ3) is 4.73. The molecule has 0 aliphatic heterocycles. The minimum absolute atomic E-state index is 0.0858. The number of carbonyl (C=O) groups excluding carboxylic acids is 2. The third-order valence-corrected chi connectivity index (χ3v) is 6.06. The monoisotopic (exact) mass is 399 g/mol. The van der Waals surface area contributed by atoms with Gasteiger partial charge in [0, 0.05) is 29.5 Å². The number of rotatable bonds is 9. The molecule has 3 nitrogen and oxygen atoms in total. The van der Waals surface area contributed by atoms with Crippen molar-refractivity contribution < 1.29 is 9.59 Å². The van der Waals surface area contributed by atoms with Crippen LogP contribution in [0.4, 0.5) is 0 Å². The van der Waals surface area contributed by atoms with Crippen molar-refractivity contribution >= 4 is 23.4 Å². The number of hydrogen-bond acceptors (Lipinski definition) is 3. The van der Waals surface area contributed by atoms with Gasteiger partial charge in [-0.15, -0.1) is 0 Å². The van der Waals surface area contributed by atoms with Gasteiger partial charge in [0.15, 0.2) is 5.78 Å². The molecule has 0 heterocycles. The van der Waals surface area contributed by atoms with Crippen molar-refractivity contribution in [1.82, 2.24) is 0 Å². The third-order valence-electron chi connectivity index (χ3n) is 6.06. The van der Waals surface area contributed by atoms with Crippen LogP contribution in [0.1, 0.15) is 77.4 Å². The summed E-state index contributed by atoms with van der Waals surface area (Å²) < 4.78 is 0. The quantitative estimate of drug-likeness (QED) is 0.213. The molecule has 1 saturated carbocycles. The molecule has 2 aromatic rings. The maximum Gasteiger partial charge on any atom is 0.159 e. The molecular formula is C27H29NO2. The molecule has 1 aliphatic rings. The largest absolute Gasteiger partial charge is 0.298 e. The van der Waals surface area contributed by atoms with Gasteiger partial charge in [-0.25, -0.2) is 0 Å². The Balaban J connectivity index is 1.91. The fraction of sp³-hybridized carbons (Fsp3) is 0.296. The minimum Gasteiger partial charge on any atom is -0.298 e. The van der Waals surface area contributed by atoms with Gasteiger partial charge in [0.25, 0.3) is 0 Å². The molecule has 0 amide bonds. The van der Waals surface area contributed by atoms with Gasteiger partial charge >= 0.3 is 0 Å². The van der Waals surface area contributed by atoms with Crippen LogP contribution in [0, 0.1) is 0 Å². The lowest BCUT2D eigenvalue weighted by Crippen LogP contribution is -2.12. The summed E-state index contributed by atoms with van der Waals surface area (Å²) >= 11 is 0. The molecular weight excluding hydrogens is 370 g/mol. The van der Waals surface area contributed by atoms with Crippen LogP contribution in [0.15, 0.2) is 66.3 Å². The molecule has 0 saturated heterocycles. The van der Waals surface area contributed by atoms with E-state index < -0.39 is 0 Å². The minimum atomic E-state index is 0.0858. The summed E-state index contributed by atoms with van der Waals surface area (Å²) in [5, 5.41) is 0. The first-order chi connectivity index (χ1) is 14.4. The van der Waals surface area contributed by atoms with Crippen molar-refractivity contribution in [1.29, 1.82) is 0 Å². The van der Waals surface area contributed by atoms with E-state index in [9.17, 15) is 9.59 Å². The highest BCUT2D eigenvalue weighted by Gasteiger charge is 2.43. The van der Waals surface area contributed by atoms with Crippen LogP contribution in [0.25, 0.3) is 5.57 Å². The van der Waals surface area contributed by atoms with E-state index >= 15 is 0 Å². The number of benzene rings is 2. The normalized spacial score (nSPS) is 15.6. The number of carbonyl (C=O) groups is 2. The fourth-order valence-electron chi connectivity index (χ4n) is 3.98. The second-order valence-electron chi connectivity index (χ2n) is 8.14. The smallest absolute Gasteiger partial charge is 0.159 e. The zero-order chi connectivity index (χ0) is 21.7. The summed E-state index contributed by atoms with van der Waals surface area (Å²) in [6, 6.07) is 13.5. The van der Waals surface area contributed by atoms with Gasteiger partial charge in [-0.1, -0.05) is 49.9 Å². The molecule has 0 N–H and O–H groups in total. The highest BCUT2D eigenvalue weighted by atomic mass is 16.1. The summed E-state index contributed by atoms with van der Waals surface area (Å²) in [6.45, 7) is 9.75. The molecule has 0 atom stereocenters. The zero-order valence-corrected chi connectivity index (χ0v) is 18.1. The molecule has 2 aromatic carbocycles. The Morgan fingerprint density at radius 3 is 2.50 bits per heavy atom. The number of nitrogens with zero attached hydrogens (tertiary/aromatic N) is 1. The second-order valence-corrected chi connectivity index (χ2v) is 8.14. The van der Waals surface area contributed by atoms with Crippen molar-refractivity contribution in [3.63, 3.8) is 0 Å². The molecule has 3 heteroatoms. The predicted octanol–water partition coefficient (Wildman–Crippen LogP) is 6.37. The molecule has 0 bridgehead atoms. The molecule has 154 valence electrons. The van der Waals surface area contributed by atoms with E-state index in [1.807, 2.05) is 37.3 Å². The average Bonchev–Trinajstić information content (AvgIpc) is 3.55. The van der Waals surface area contributed by atoms with E-state index in [-0.39, 0.29) is 11.2 Å². The van der Waals surface area contributed by atoms with E-state index in [0.717, 1.165) is 35.1 Å². The molecule has 0 unspecified atom stereocenters. The molecule has 3 rings (SSSR count). The predicted molar refractivity (Wildman–Crippen MR) is 124 cm³/mol. The number of aldehydes is 1. The lowest BCUT2D eigenvalue weighted by atomic mass is 9.86.